The maximum absolute atomic E-state index is 11.6. The molecule has 1 aromatic carbocycles. The largest absolute Gasteiger partial charge is 0.350 e. The average Bonchev–Trinajstić information content (AvgIpc) is 2.33. The van der Waals surface area contributed by atoms with Crippen molar-refractivity contribution < 1.29 is 14.4 Å². The van der Waals surface area contributed by atoms with Crippen molar-refractivity contribution in [3.8, 4) is 0 Å². The zero-order valence-electron chi connectivity index (χ0n) is 10.3. The average molecular weight is 246 g/mol. The molecule has 5 nitrogen and oxygen atoms in total. The van der Waals surface area contributed by atoms with E-state index in [9.17, 15) is 14.4 Å². The lowest BCUT2D eigenvalue weighted by atomic mass is 10.1. The first-order chi connectivity index (χ1) is 8.52. The normalized spacial score (nSPS) is 19.7. The molecule has 5 heteroatoms. The molecule has 0 aliphatic carbocycles. The zero-order chi connectivity index (χ0) is 13.3. The second-order valence-corrected chi connectivity index (χ2v) is 4.38. The number of aryl methyl sites for hydroxylation is 1. The molecule has 0 saturated carbocycles. The van der Waals surface area contributed by atoms with Crippen LogP contribution in [0.2, 0.25) is 0 Å². The van der Waals surface area contributed by atoms with Crippen LogP contribution in [0, 0.1) is 6.92 Å². The van der Waals surface area contributed by atoms with E-state index in [2.05, 4.69) is 5.32 Å². The fourth-order valence-corrected chi connectivity index (χ4v) is 2.00. The molecule has 1 saturated heterocycles. The first-order valence-electron chi connectivity index (χ1n) is 5.69. The molecule has 0 aromatic heterocycles. The Morgan fingerprint density at radius 2 is 2.11 bits per heavy atom. The van der Waals surface area contributed by atoms with E-state index >= 15 is 0 Å². The van der Waals surface area contributed by atoms with Crippen LogP contribution in [-0.2, 0) is 9.59 Å². The Labute approximate surface area is 105 Å². The van der Waals surface area contributed by atoms with E-state index in [4.69, 9.17) is 0 Å². The second-order valence-electron chi connectivity index (χ2n) is 4.38. The minimum Gasteiger partial charge on any atom is -0.350 e. The lowest BCUT2D eigenvalue weighted by Gasteiger charge is -2.33. The molecular formula is C13H14N2O3. The topological polar surface area (TPSA) is 66.5 Å². The van der Waals surface area contributed by atoms with Crippen LogP contribution in [0.3, 0.4) is 0 Å². The van der Waals surface area contributed by atoms with E-state index < -0.39 is 6.04 Å². The van der Waals surface area contributed by atoms with Gasteiger partial charge in [0.05, 0.1) is 6.54 Å². The molecule has 0 bridgehead atoms. The fraction of sp³-hybridized carbons (Fsp3) is 0.308. The van der Waals surface area contributed by atoms with Gasteiger partial charge in [-0.3, -0.25) is 19.7 Å². The van der Waals surface area contributed by atoms with Gasteiger partial charge in [-0.15, -0.1) is 0 Å². The Morgan fingerprint density at radius 3 is 2.72 bits per heavy atom. The highest BCUT2D eigenvalue weighted by molar-refractivity contribution is 6.04. The summed E-state index contributed by atoms with van der Waals surface area (Å²) in [5, 5.41) is 2.29. The van der Waals surface area contributed by atoms with E-state index in [1.54, 1.807) is 24.0 Å². The maximum Gasteiger partial charge on any atom is 0.249 e. The maximum atomic E-state index is 11.6. The Hall–Kier alpha value is -2.17. The number of hydrogen-bond acceptors (Lipinski definition) is 4. The molecule has 2 rings (SSSR count). The number of anilines is 1. The van der Waals surface area contributed by atoms with Crippen LogP contribution < -0.4 is 10.2 Å². The number of nitrogens with zero attached hydrogens (tertiary/aromatic N) is 1. The number of nitrogens with one attached hydrogen (secondary N) is 1. The van der Waals surface area contributed by atoms with Crippen molar-refractivity contribution >= 4 is 23.8 Å². The second kappa shape index (κ2) is 4.60. The van der Waals surface area contributed by atoms with E-state index in [0.29, 0.717) is 5.56 Å². The third-order valence-corrected chi connectivity index (χ3v) is 3.14. The number of carbonyl (C=O) groups is 3. The highest BCUT2D eigenvalue weighted by atomic mass is 16.2. The quantitative estimate of drug-likeness (QED) is 0.615. The van der Waals surface area contributed by atoms with Gasteiger partial charge in [0.2, 0.25) is 11.8 Å². The van der Waals surface area contributed by atoms with Gasteiger partial charge < -0.3 is 4.90 Å². The molecule has 2 amide bonds. The summed E-state index contributed by atoms with van der Waals surface area (Å²) in [4.78, 5) is 35.4. The van der Waals surface area contributed by atoms with Crippen molar-refractivity contribution in [2.24, 2.45) is 0 Å². The minimum absolute atomic E-state index is 0.146. The Kier molecular flexibility index (Phi) is 3.14. The molecule has 0 radical (unpaired) electrons. The summed E-state index contributed by atoms with van der Waals surface area (Å²) in [5.74, 6) is -0.612. The van der Waals surface area contributed by atoms with Crippen molar-refractivity contribution in [3.63, 3.8) is 0 Å². The van der Waals surface area contributed by atoms with Crippen molar-refractivity contribution in [2.45, 2.75) is 19.9 Å². The number of piperazine rings is 1. The van der Waals surface area contributed by atoms with E-state index in [-0.39, 0.29) is 18.4 Å². The van der Waals surface area contributed by atoms with Gasteiger partial charge in [0.1, 0.15) is 12.3 Å². The van der Waals surface area contributed by atoms with Crippen molar-refractivity contribution in [1.82, 2.24) is 5.32 Å². The van der Waals surface area contributed by atoms with Crippen LogP contribution in [0.4, 0.5) is 5.69 Å². The fourth-order valence-electron chi connectivity index (χ4n) is 2.00. The van der Waals surface area contributed by atoms with Gasteiger partial charge in [0.15, 0.2) is 0 Å². The molecule has 94 valence electrons. The molecule has 0 spiro atoms. The molecule has 1 aliphatic rings. The third kappa shape index (κ3) is 2.11. The first-order valence-corrected chi connectivity index (χ1v) is 5.69. The zero-order valence-corrected chi connectivity index (χ0v) is 10.3. The van der Waals surface area contributed by atoms with Crippen LogP contribution in [0.15, 0.2) is 18.2 Å². The number of benzene rings is 1. The monoisotopic (exact) mass is 246 g/mol. The summed E-state index contributed by atoms with van der Waals surface area (Å²) in [6, 6.07) is 4.86. The molecule has 18 heavy (non-hydrogen) atoms. The molecular weight excluding hydrogens is 232 g/mol. The number of hydrogen-bond donors (Lipinski definition) is 1. The van der Waals surface area contributed by atoms with Crippen LogP contribution in [0.1, 0.15) is 22.8 Å². The van der Waals surface area contributed by atoms with Crippen LogP contribution in [0.25, 0.3) is 0 Å². The smallest absolute Gasteiger partial charge is 0.249 e. The molecule has 1 atom stereocenters. The van der Waals surface area contributed by atoms with Crippen LogP contribution in [0.5, 0.6) is 0 Å². The number of rotatable bonds is 2. The number of aldehydes is 1. The Balaban J connectivity index is 2.35. The van der Waals surface area contributed by atoms with Gasteiger partial charge in [0, 0.05) is 11.3 Å². The predicted molar refractivity (Wildman–Crippen MR) is 66.5 cm³/mol. The highest BCUT2D eigenvalue weighted by Gasteiger charge is 2.30. The molecule has 1 N–H and O–H groups in total. The third-order valence-electron chi connectivity index (χ3n) is 3.14. The van der Waals surface area contributed by atoms with Gasteiger partial charge in [-0.1, -0.05) is 0 Å². The summed E-state index contributed by atoms with van der Waals surface area (Å²) in [6.45, 7) is 3.71. The lowest BCUT2D eigenvalue weighted by Crippen LogP contribution is -2.57. The standard InChI is InChI=1S/C13H14N2O3/c1-8-5-11(4-3-10(8)7-16)15-6-12(17)14-13(18)9(15)2/h3-5,7,9H,6H2,1-2H3,(H,14,17,18). The van der Waals surface area contributed by atoms with Crippen molar-refractivity contribution in [2.75, 3.05) is 11.4 Å². The van der Waals surface area contributed by atoms with Gasteiger partial charge in [-0.05, 0) is 37.6 Å². The van der Waals surface area contributed by atoms with Crippen molar-refractivity contribution in [1.29, 1.82) is 0 Å². The van der Waals surface area contributed by atoms with E-state index in [1.807, 2.05) is 13.0 Å². The predicted octanol–water partition coefficient (Wildman–Crippen LogP) is 0.659. The van der Waals surface area contributed by atoms with Gasteiger partial charge >= 0.3 is 0 Å². The lowest BCUT2D eigenvalue weighted by molar-refractivity contribution is -0.132. The molecule has 1 fully saturated rings. The minimum atomic E-state index is -0.399. The van der Waals surface area contributed by atoms with E-state index in [0.717, 1.165) is 17.5 Å². The molecule has 1 aliphatic heterocycles. The Morgan fingerprint density at radius 1 is 1.39 bits per heavy atom. The number of carbonyl (C=O) groups excluding carboxylic acids is 3. The SMILES string of the molecule is Cc1cc(N2CC(=O)NC(=O)C2C)ccc1C=O. The molecule has 1 unspecified atom stereocenters. The molecule has 1 aromatic rings. The van der Waals surface area contributed by atoms with Crippen LogP contribution >= 0.6 is 0 Å². The van der Waals surface area contributed by atoms with Gasteiger partial charge in [-0.2, -0.15) is 0 Å². The van der Waals surface area contributed by atoms with Crippen molar-refractivity contribution in [3.05, 3.63) is 29.3 Å². The highest BCUT2D eigenvalue weighted by Crippen LogP contribution is 2.21. The summed E-state index contributed by atoms with van der Waals surface area (Å²) in [7, 11) is 0. The van der Waals surface area contributed by atoms with Crippen LogP contribution in [-0.4, -0.2) is 30.7 Å². The number of amides is 2. The van der Waals surface area contributed by atoms with Gasteiger partial charge in [0.25, 0.3) is 0 Å². The summed E-state index contributed by atoms with van der Waals surface area (Å²) < 4.78 is 0. The Bertz CT molecular complexity index is 525. The van der Waals surface area contributed by atoms with Gasteiger partial charge in [-0.25, -0.2) is 0 Å². The first kappa shape index (κ1) is 12.3. The summed E-state index contributed by atoms with van der Waals surface area (Å²) in [5.41, 5.74) is 2.21. The van der Waals surface area contributed by atoms with E-state index in [1.165, 1.54) is 0 Å². The summed E-state index contributed by atoms with van der Waals surface area (Å²) >= 11 is 0. The molecule has 1 heterocycles. The summed E-state index contributed by atoms with van der Waals surface area (Å²) in [6.07, 6.45) is 0.788. The number of imide groups is 1.